The Morgan fingerprint density at radius 3 is 2.59 bits per heavy atom. The molecule has 2 aromatic carbocycles. The number of phenols is 1. The van der Waals surface area contributed by atoms with Crippen LogP contribution in [0.15, 0.2) is 76.5 Å². The van der Waals surface area contributed by atoms with E-state index in [4.69, 9.17) is 0 Å². The average Bonchev–Trinajstić information content (AvgIpc) is 3.30. The first-order chi connectivity index (χ1) is 15.5. The van der Waals surface area contributed by atoms with Crippen molar-refractivity contribution in [3.63, 3.8) is 0 Å². The number of benzene rings is 2. The fourth-order valence-electron chi connectivity index (χ4n) is 3.98. The number of hydrogen-bond acceptors (Lipinski definition) is 4. The van der Waals surface area contributed by atoms with E-state index < -0.39 is 11.2 Å². The monoisotopic (exact) mass is 427 g/mol. The molecule has 0 aliphatic carbocycles. The van der Waals surface area contributed by atoms with Crippen LogP contribution in [0.2, 0.25) is 0 Å². The Hall–Kier alpha value is -4.33. The Balaban J connectivity index is 1.69. The lowest BCUT2D eigenvalue weighted by Crippen LogP contribution is -2.39. The van der Waals surface area contributed by atoms with Crippen LogP contribution in [0.1, 0.15) is 11.3 Å². The molecule has 0 amide bonds. The summed E-state index contributed by atoms with van der Waals surface area (Å²) in [5, 5.41) is 9.89. The molecule has 1 N–H and O–H groups in total. The maximum absolute atomic E-state index is 13.3. The van der Waals surface area contributed by atoms with Gasteiger partial charge in [0.2, 0.25) is 5.78 Å². The molecule has 3 heterocycles. The van der Waals surface area contributed by atoms with E-state index in [1.807, 2.05) is 60.2 Å². The van der Waals surface area contributed by atoms with Gasteiger partial charge in [0.25, 0.3) is 5.56 Å². The van der Waals surface area contributed by atoms with Crippen molar-refractivity contribution in [3.05, 3.63) is 99.0 Å². The highest BCUT2D eigenvalue weighted by atomic mass is 16.3. The van der Waals surface area contributed by atoms with Crippen LogP contribution in [0.25, 0.3) is 28.7 Å². The van der Waals surface area contributed by atoms with Gasteiger partial charge in [-0.05, 0) is 24.6 Å². The zero-order chi connectivity index (χ0) is 22.4. The summed E-state index contributed by atoms with van der Waals surface area (Å²) >= 11 is 0. The van der Waals surface area contributed by atoms with E-state index in [1.165, 1.54) is 9.13 Å². The highest BCUT2D eigenvalue weighted by Gasteiger charge is 2.20. The molecular weight excluding hydrogens is 406 g/mol. The molecule has 0 spiro atoms. The third kappa shape index (κ3) is 3.04. The first-order valence-corrected chi connectivity index (χ1v) is 10.2. The molecule has 160 valence electrons. The topological polar surface area (TPSA) is 86.5 Å². The van der Waals surface area contributed by atoms with Gasteiger partial charge in [-0.3, -0.25) is 22.9 Å². The predicted molar refractivity (Wildman–Crippen MR) is 123 cm³/mol. The smallest absolute Gasteiger partial charge is 0.332 e. The van der Waals surface area contributed by atoms with Crippen LogP contribution in [0.5, 0.6) is 5.75 Å². The molecule has 8 heteroatoms. The number of fused-ring (bicyclic) bond motifs is 3. The van der Waals surface area contributed by atoms with E-state index >= 15 is 0 Å². The molecule has 8 nitrogen and oxygen atoms in total. The van der Waals surface area contributed by atoms with E-state index in [0.29, 0.717) is 22.6 Å². The fourth-order valence-corrected chi connectivity index (χ4v) is 3.98. The quantitative estimate of drug-likeness (QED) is 0.478. The minimum Gasteiger partial charge on any atom is -0.508 e. The number of allylic oxidation sites excluding steroid dienone is 1. The van der Waals surface area contributed by atoms with Crippen molar-refractivity contribution < 1.29 is 5.11 Å². The van der Waals surface area contributed by atoms with Gasteiger partial charge < -0.3 is 5.11 Å². The normalized spacial score (nSPS) is 11.8. The van der Waals surface area contributed by atoms with Crippen LogP contribution in [-0.2, 0) is 13.6 Å². The van der Waals surface area contributed by atoms with Crippen LogP contribution in [-0.4, -0.2) is 28.2 Å². The number of aromatic nitrogens is 5. The minimum atomic E-state index is -0.429. The van der Waals surface area contributed by atoms with Crippen molar-refractivity contribution in [1.82, 2.24) is 23.1 Å². The Morgan fingerprint density at radius 1 is 1.06 bits per heavy atom. The average molecular weight is 427 g/mol. The zero-order valence-corrected chi connectivity index (χ0v) is 17.6. The second kappa shape index (κ2) is 7.42. The van der Waals surface area contributed by atoms with E-state index in [-0.39, 0.29) is 12.3 Å². The highest BCUT2D eigenvalue weighted by Crippen LogP contribution is 2.23. The van der Waals surface area contributed by atoms with Crippen molar-refractivity contribution >= 4 is 23.0 Å². The third-order valence-corrected chi connectivity index (χ3v) is 5.51. The first kappa shape index (κ1) is 19.6. The second-order valence-corrected chi connectivity index (χ2v) is 7.65. The molecule has 3 aromatic heterocycles. The summed E-state index contributed by atoms with van der Waals surface area (Å²) < 4.78 is 6.14. The van der Waals surface area contributed by atoms with Gasteiger partial charge in [0.05, 0.1) is 5.69 Å². The van der Waals surface area contributed by atoms with E-state index in [2.05, 4.69) is 4.98 Å². The highest BCUT2D eigenvalue weighted by molar-refractivity contribution is 5.76. The van der Waals surface area contributed by atoms with Gasteiger partial charge in [-0.2, -0.15) is 4.98 Å². The lowest BCUT2D eigenvalue weighted by atomic mass is 10.2. The molecule has 0 bridgehead atoms. The van der Waals surface area contributed by atoms with Crippen molar-refractivity contribution in [1.29, 1.82) is 0 Å². The maximum Gasteiger partial charge on any atom is 0.332 e. The summed E-state index contributed by atoms with van der Waals surface area (Å²) in [5.74, 6) is 0.623. The molecule has 5 rings (SSSR count). The van der Waals surface area contributed by atoms with Gasteiger partial charge in [-0.15, -0.1) is 0 Å². The molecule has 0 atom stereocenters. The molecule has 0 radical (unpaired) electrons. The van der Waals surface area contributed by atoms with Crippen LogP contribution in [0.4, 0.5) is 0 Å². The lowest BCUT2D eigenvalue weighted by molar-refractivity contribution is 0.475. The molecule has 0 aliphatic rings. The summed E-state index contributed by atoms with van der Waals surface area (Å²) in [6, 6.07) is 16.5. The Labute approximate surface area is 182 Å². The van der Waals surface area contributed by atoms with Gasteiger partial charge >= 0.3 is 5.69 Å². The van der Waals surface area contributed by atoms with Crippen molar-refractivity contribution in [3.8, 4) is 11.4 Å². The lowest BCUT2D eigenvalue weighted by Gasteiger charge is -2.06. The Kier molecular flexibility index (Phi) is 4.55. The molecule has 0 saturated carbocycles. The molecule has 32 heavy (non-hydrogen) atoms. The standard InChI is InChI=1S/C24H21N5O3/c1-16-15-28-20-21(25-23(28)29(16)18-11-6-12-19(30)14-18)26(2)24(32)27(22(20)31)13-7-10-17-8-4-3-5-9-17/h3-12,14-15,30H,13H2,1-2H3. The third-order valence-electron chi connectivity index (χ3n) is 5.51. The Morgan fingerprint density at radius 2 is 1.84 bits per heavy atom. The molecule has 0 unspecified atom stereocenters. The van der Waals surface area contributed by atoms with E-state index in [1.54, 1.807) is 35.7 Å². The van der Waals surface area contributed by atoms with Gasteiger partial charge in [0.15, 0.2) is 11.2 Å². The SMILES string of the molecule is Cc1cn2c3c(=O)n(CC=Cc4ccccc4)c(=O)n(C)c3nc2n1-c1cccc(O)c1. The zero-order valence-electron chi connectivity index (χ0n) is 17.6. The molecule has 0 aliphatic heterocycles. The maximum atomic E-state index is 13.3. The second-order valence-electron chi connectivity index (χ2n) is 7.65. The van der Waals surface area contributed by atoms with Crippen LogP contribution < -0.4 is 11.2 Å². The van der Waals surface area contributed by atoms with Crippen LogP contribution >= 0.6 is 0 Å². The minimum absolute atomic E-state index is 0.129. The number of phenolic OH excluding ortho intramolecular Hbond substituents is 1. The fraction of sp³-hybridized carbons (Fsp3) is 0.125. The predicted octanol–water partition coefficient (Wildman–Crippen LogP) is 2.87. The van der Waals surface area contributed by atoms with Crippen LogP contribution in [0.3, 0.4) is 0 Å². The van der Waals surface area contributed by atoms with Crippen molar-refractivity contribution in [2.24, 2.45) is 7.05 Å². The summed E-state index contributed by atoms with van der Waals surface area (Å²) in [7, 11) is 1.61. The van der Waals surface area contributed by atoms with Gasteiger partial charge in [0, 0.05) is 31.5 Å². The number of nitrogens with zero attached hydrogens (tertiary/aromatic N) is 5. The molecule has 0 fully saturated rings. The summed E-state index contributed by atoms with van der Waals surface area (Å²) in [4.78, 5) is 30.9. The van der Waals surface area contributed by atoms with Gasteiger partial charge in [-0.25, -0.2) is 4.79 Å². The Bertz CT molecular complexity index is 1620. The summed E-state index contributed by atoms with van der Waals surface area (Å²) in [6.07, 6.45) is 5.49. The van der Waals surface area contributed by atoms with Gasteiger partial charge in [0.1, 0.15) is 5.75 Å². The molecule has 0 saturated heterocycles. The molecular formula is C24H21N5O3. The number of aryl methyl sites for hydroxylation is 2. The van der Waals surface area contributed by atoms with Crippen LogP contribution in [0, 0.1) is 6.92 Å². The largest absolute Gasteiger partial charge is 0.508 e. The molecule has 5 aromatic rings. The number of imidazole rings is 2. The number of hydrogen-bond donors (Lipinski definition) is 1. The van der Waals surface area contributed by atoms with Crippen molar-refractivity contribution in [2.75, 3.05) is 0 Å². The number of rotatable bonds is 4. The summed E-state index contributed by atoms with van der Waals surface area (Å²) in [5.41, 5.74) is 2.35. The number of aromatic hydroxyl groups is 1. The van der Waals surface area contributed by atoms with Gasteiger partial charge in [-0.1, -0.05) is 48.6 Å². The van der Waals surface area contributed by atoms with E-state index in [9.17, 15) is 14.7 Å². The first-order valence-electron chi connectivity index (χ1n) is 10.2. The van der Waals surface area contributed by atoms with Crippen molar-refractivity contribution in [2.45, 2.75) is 13.5 Å². The van der Waals surface area contributed by atoms with E-state index in [0.717, 1.165) is 11.3 Å². The summed E-state index contributed by atoms with van der Waals surface area (Å²) in [6.45, 7) is 2.05.